The van der Waals surface area contributed by atoms with Gasteiger partial charge in [0.25, 0.3) is 11.2 Å². The lowest BCUT2D eigenvalue weighted by Crippen LogP contribution is -2.14. The van der Waals surface area contributed by atoms with Crippen LogP contribution in [-0.4, -0.2) is 23.1 Å². The number of pyridine rings is 1. The van der Waals surface area contributed by atoms with E-state index in [1.807, 2.05) is 19.9 Å². The minimum absolute atomic E-state index is 0.0263. The Morgan fingerprint density at radius 3 is 2.62 bits per heavy atom. The summed E-state index contributed by atoms with van der Waals surface area (Å²) in [5.74, 6) is 0.279. The van der Waals surface area contributed by atoms with Crippen LogP contribution in [0.5, 0.6) is 11.5 Å². The first-order chi connectivity index (χ1) is 11.4. The highest BCUT2D eigenvalue weighted by molar-refractivity contribution is 5.88. The smallest absolute Gasteiger partial charge is 0.294 e. The predicted octanol–water partition coefficient (Wildman–Crippen LogP) is 3.35. The van der Waals surface area contributed by atoms with E-state index in [9.17, 15) is 14.9 Å². The number of ether oxygens (including phenoxy) is 2. The molecule has 0 bridgehead atoms. The zero-order valence-corrected chi connectivity index (χ0v) is 13.5. The summed E-state index contributed by atoms with van der Waals surface area (Å²) in [7, 11) is 0. The molecule has 0 amide bonds. The molecule has 1 heterocycles. The first kappa shape index (κ1) is 17.3. The molecule has 0 saturated carbocycles. The van der Waals surface area contributed by atoms with Crippen molar-refractivity contribution in [1.29, 1.82) is 0 Å². The molecule has 0 radical (unpaired) electrons. The van der Waals surface area contributed by atoms with Crippen LogP contribution in [0.4, 0.5) is 5.69 Å². The van der Waals surface area contributed by atoms with E-state index >= 15 is 0 Å². The van der Waals surface area contributed by atoms with Gasteiger partial charge in [0.2, 0.25) is 5.75 Å². The summed E-state index contributed by atoms with van der Waals surface area (Å²) >= 11 is 0. The fraction of sp³-hybridized carbons (Fsp3) is 0.235. The average Bonchev–Trinajstić information content (AvgIpc) is 2.52. The summed E-state index contributed by atoms with van der Waals surface area (Å²) in [5.41, 5.74) is 0.742. The number of aromatic nitrogens is 1. The van der Waals surface area contributed by atoms with Gasteiger partial charge in [-0.05, 0) is 26.0 Å². The van der Waals surface area contributed by atoms with E-state index in [0.29, 0.717) is 10.9 Å². The molecule has 0 unspecified atom stereocenters. The van der Waals surface area contributed by atoms with E-state index in [2.05, 4.69) is 11.6 Å². The standard InChI is InChI=1S/C17H18N2O5/c1-4-8-23-16-15(24-9-7-11(2)3)13-6-5-12(19(21)22)10-14(13)18-17(16)20/h4-7,10H,1,8-9H2,2-3H3,(H,18,20). The van der Waals surface area contributed by atoms with Gasteiger partial charge in [0.15, 0.2) is 5.75 Å². The van der Waals surface area contributed by atoms with Crippen molar-refractivity contribution < 1.29 is 14.4 Å². The molecule has 2 rings (SSSR count). The van der Waals surface area contributed by atoms with Gasteiger partial charge in [0.1, 0.15) is 13.2 Å². The third kappa shape index (κ3) is 3.81. The van der Waals surface area contributed by atoms with Crippen LogP contribution in [0.1, 0.15) is 13.8 Å². The van der Waals surface area contributed by atoms with E-state index in [1.165, 1.54) is 24.3 Å². The topological polar surface area (TPSA) is 94.5 Å². The van der Waals surface area contributed by atoms with Crippen LogP contribution in [0.25, 0.3) is 10.9 Å². The zero-order chi connectivity index (χ0) is 17.7. The SMILES string of the molecule is C=CCOc1c(OCC=C(C)C)c2ccc([N+](=O)[O-])cc2[nH]c1=O. The Bertz CT molecular complexity index is 863. The first-order valence-corrected chi connectivity index (χ1v) is 7.28. The maximum Gasteiger partial charge on any atom is 0.294 e. The Labute approximate surface area is 138 Å². The molecule has 1 aromatic carbocycles. The number of aromatic amines is 1. The van der Waals surface area contributed by atoms with Crippen molar-refractivity contribution >= 4 is 16.6 Å². The van der Waals surface area contributed by atoms with Crippen LogP contribution in [0, 0.1) is 10.1 Å². The van der Waals surface area contributed by atoms with Crippen LogP contribution < -0.4 is 15.0 Å². The van der Waals surface area contributed by atoms with E-state index in [0.717, 1.165) is 5.57 Å². The van der Waals surface area contributed by atoms with Gasteiger partial charge in [0.05, 0.1) is 10.4 Å². The summed E-state index contributed by atoms with van der Waals surface area (Å²) in [4.78, 5) is 25.2. The maximum atomic E-state index is 12.3. The minimum atomic E-state index is -0.524. The number of H-pyrrole nitrogens is 1. The second-order valence-corrected chi connectivity index (χ2v) is 5.29. The number of rotatable bonds is 7. The van der Waals surface area contributed by atoms with Crippen LogP contribution in [0.15, 0.2) is 47.3 Å². The first-order valence-electron chi connectivity index (χ1n) is 7.28. The Morgan fingerprint density at radius 2 is 2.00 bits per heavy atom. The molecular weight excluding hydrogens is 312 g/mol. The lowest BCUT2D eigenvalue weighted by molar-refractivity contribution is -0.384. The van der Waals surface area contributed by atoms with E-state index in [-0.39, 0.29) is 30.4 Å². The fourth-order valence-electron chi connectivity index (χ4n) is 2.06. The monoisotopic (exact) mass is 330 g/mol. The quantitative estimate of drug-likeness (QED) is 0.477. The Kier molecular flexibility index (Phi) is 5.36. The van der Waals surface area contributed by atoms with Gasteiger partial charge in [-0.25, -0.2) is 0 Å². The molecule has 7 nitrogen and oxygen atoms in total. The molecule has 2 aromatic rings. The van der Waals surface area contributed by atoms with E-state index in [1.54, 1.807) is 0 Å². The van der Waals surface area contributed by atoms with E-state index in [4.69, 9.17) is 9.47 Å². The molecule has 0 aliphatic carbocycles. The number of hydrogen-bond donors (Lipinski definition) is 1. The van der Waals surface area contributed by atoms with Gasteiger partial charge < -0.3 is 14.5 Å². The van der Waals surface area contributed by atoms with E-state index < -0.39 is 10.5 Å². The van der Waals surface area contributed by atoms with Crippen LogP contribution >= 0.6 is 0 Å². The summed E-state index contributed by atoms with van der Waals surface area (Å²) in [6, 6.07) is 4.18. The summed E-state index contributed by atoms with van der Waals surface area (Å²) in [6.07, 6.45) is 3.37. The molecule has 7 heteroatoms. The molecule has 1 aromatic heterocycles. The average molecular weight is 330 g/mol. The predicted molar refractivity (Wildman–Crippen MR) is 91.8 cm³/mol. The highest BCUT2D eigenvalue weighted by Gasteiger charge is 2.17. The number of nitrogens with zero attached hydrogens (tertiary/aromatic N) is 1. The van der Waals surface area contributed by atoms with Crippen LogP contribution in [0.3, 0.4) is 0 Å². The minimum Gasteiger partial charge on any atom is -0.485 e. The second-order valence-electron chi connectivity index (χ2n) is 5.29. The lowest BCUT2D eigenvalue weighted by atomic mass is 10.1. The Hall–Kier alpha value is -3.09. The van der Waals surface area contributed by atoms with Crippen molar-refractivity contribution in [3.05, 3.63) is 63.0 Å². The normalized spacial score (nSPS) is 10.2. The molecule has 24 heavy (non-hydrogen) atoms. The molecule has 0 spiro atoms. The van der Waals surface area contributed by atoms with Crippen molar-refractivity contribution in [3.63, 3.8) is 0 Å². The third-order valence-electron chi connectivity index (χ3n) is 3.18. The fourth-order valence-corrected chi connectivity index (χ4v) is 2.06. The number of benzene rings is 1. The largest absolute Gasteiger partial charge is 0.485 e. The maximum absolute atomic E-state index is 12.3. The van der Waals surface area contributed by atoms with Crippen LogP contribution in [-0.2, 0) is 0 Å². The van der Waals surface area contributed by atoms with Crippen molar-refractivity contribution in [2.75, 3.05) is 13.2 Å². The number of nitro benzene ring substituents is 1. The number of nitrogens with one attached hydrogen (secondary N) is 1. The molecule has 126 valence electrons. The highest BCUT2D eigenvalue weighted by Crippen LogP contribution is 2.33. The molecule has 0 saturated heterocycles. The Balaban J connectivity index is 2.60. The summed E-state index contributed by atoms with van der Waals surface area (Å²) in [5, 5.41) is 11.4. The third-order valence-corrected chi connectivity index (χ3v) is 3.18. The van der Waals surface area contributed by atoms with Crippen molar-refractivity contribution in [2.45, 2.75) is 13.8 Å². The van der Waals surface area contributed by atoms with Gasteiger partial charge in [-0.2, -0.15) is 0 Å². The van der Waals surface area contributed by atoms with Gasteiger partial charge in [-0.3, -0.25) is 14.9 Å². The summed E-state index contributed by atoms with van der Waals surface area (Å²) < 4.78 is 11.1. The van der Waals surface area contributed by atoms with Crippen molar-refractivity contribution in [3.8, 4) is 11.5 Å². The van der Waals surface area contributed by atoms with Crippen molar-refractivity contribution in [2.24, 2.45) is 0 Å². The lowest BCUT2D eigenvalue weighted by Gasteiger charge is -2.13. The molecule has 0 aliphatic rings. The van der Waals surface area contributed by atoms with Gasteiger partial charge in [-0.15, -0.1) is 0 Å². The number of hydrogen-bond acceptors (Lipinski definition) is 5. The molecular formula is C17H18N2O5. The van der Waals surface area contributed by atoms with Gasteiger partial charge in [-0.1, -0.05) is 18.2 Å². The zero-order valence-electron chi connectivity index (χ0n) is 13.5. The highest BCUT2D eigenvalue weighted by atomic mass is 16.6. The van der Waals surface area contributed by atoms with Gasteiger partial charge in [0, 0.05) is 17.5 Å². The second kappa shape index (κ2) is 7.45. The van der Waals surface area contributed by atoms with Gasteiger partial charge >= 0.3 is 0 Å². The van der Waals surface area contributed by atoms with Crippen molar-refractivity contribution in [1.82, 2.24) is 4.98 Å². The molecule has 1 N–H and O–H groups in total. The molecule has 0 aliphatic heterocycles. The number of allylic oxidation sites excluding steroid dienone is 1. The molecule has 0 atom stereocenters. The number of nitro groups is 1. The summed E-state index contributed by atoms with van der Waals surface area (Å²) in [6.45, 7) is 7.80. The Morgan fingerprint density at radius 1 is 1.29 bits per heavy atom. The number of fused-ring (bicyclic) bond motifs is 1. The van der Waals surface area contributed by atoms with Crippen LogP contribution in [0.2, 0.25) is 0 Å². The molecule has 0 fully saturated rings. The number of non-ortho nitro benzene ring substituents is 1.